The molecule has 2 aromatic heterocycles. The number of anilines is 1. The lowest BCUT2D eigenvalue weighted by Crippen LogP contribution is -2.45. The van der Waals surface area contributed by atoms with E-state index < -0.39 is 5.97 Å². The van der Waals surface area contributed by atoms with Gasteiger partial charge in [0.2, 0.25) is 11.9 Å². The first-order chi connectivity index (χ1) is 15.5. The Morgan fingerprint density at radius 2 is 1.94 bits per heavy atom. The van der Waals surface area contributed by atoms with E-state index in [0.717, 1.165) is 73.9 Å². The number of likely N-dealkylation sites (tertiary alicyclic amines) is 1. The Morgan fingerprint density at radius 1 is 1.12 bits per heavy atom. The number of hydrogen-bond donors (Lipinski definition) is 1. The highest BCUT2D eigenvalue weighted by molar-refractivity contribution is 5.94. The summed E-state index contributed by atoms with van der Waals surface area (Å²) in [7, 11) is 2.11. The number of aliphatic carboxylic acids is 1. The van der Waals surface area contributed by atoms with Gasteiger partial charge in [-0.25, -0.2) is 14.8 Å². The summed E-state index contributed by atoms with van der Waals surface area (Å²) in [6.45, 7) is 4.78. The normalized spacial score (nSPS) is 20.0. The first-order valence-corrected chi connectivity index (χ1v) is 10.9. The number of carboxylic acids is 1. The fraction of sp³-hybridized carbons (Fsp3) is 0.435. The van der Waals surface area contributed by atoms with Crippen LogP contribution < -0.4 is 4.90 Å². The maximum absolute atomic E-state index is 12.5. The zero-order chi connectivity index (χ0) is 22.5. The summed E-state index contributed by atoms with van der Waals surface area (Å²) >= 11 is 0. The number of likely N-dealkylation sites (N-methyl/N-ethyl adjacent to an activating group) is 1. The molecule has 9 nitrogen and oxygen atoms in total. The number of aromatic nitrogens is 3. The number of carboxylic acid groups (broad SMARTS) is 1. The van der Waals surface area contributed by atoms with Gasteiger partial charge in [-0.3, -0.25) is 9.78 Å². The Bertz CT molecular complexity index is 988. The summed E-state index contributed by atoms with van der Waals surface area (Å²) in [5.41, 5.74) is 2.79. The number of rotatable bonds is 5. The highest BCUT2D eigenvalue weighted by atomic mass is 16.4. The fourth-order valence-corrected chi connectivity index (χ4v) is 4.25. The summed E-state index contributed by atoms with van der Waals surface area (Å²) in [5.74, 6) is -0.655. The third-order valence-electron chi connectivity index (χ3n) is 6.05. The van der Waals surface area contributed by atoms with Crippen molar-refractivity contribution in [1.82, 2.24) is 24.8 Å². The van der Waals surface area contributed by atoms with E-state index in [4.69, 9.17) is 10.1 Å². The van der Waals surface area contributed by atoms with E-state index in [1.54, 1.807) is 17.3 Å². The van der Waals surface area contributed by atoms with Gasteiger partial charge in [0.05, 0.1) is 5.69 Å². The number of hydrogen-bond acceptors (Lipinski definition) is 7. The molecular weight excluding hydrogens is 408 g/mol. The molecule has 0 aliphatic carbocycles. The van der Waals surface area contributed by atoms with Crippen LogP contribution in [0.4, 0.5) is 5.95 Å². The Balaban J connectivity index is 1.64. The molecule has 1 atom stereocenters. The highest BCUT2D eigenvalue weighted by Gasteiger charge is 2.28. The third kappa shape index (κ3) is 5.11. The molecule has 0 radical (unpaired) electrons. The average molecular weight is 437 g/mol. The van der Waals surface area contributed by atoms with E-state index in [0.29, 0.717) is 13.1 Å². The molecule has 2 saturated heterocycles. The molecule has 0 bridgehead atoms. The van der Waals surface area contributed by atoms with Crippen molar-refractivity contribution in [2.24, 2.45) is 0 Å². The first kappa shape index (κ1) is 21.9. The predicted octanol–water partition coefficient (Wildman–Crippen LogP) is 1.64. The van der Waals surface area contributed by atoms with Crippen LogP contribution in [0.5, 0.6) is 0 Å². The minimum Gasteiger partial charge on any atom is -0.478 e. The Hall–Kier alpha value is -3.33. The molecule has 1 unspecified atom stereocenters. The molecule has 2 fully saturated rings. The molecule has 2 aromatic rings. The van der Waals surface area contributed by atoms with E-state index in [1.165, 1.54) is 0 Å². The molecule has 2 aliphatic rings. The summed E-state index contributed by atoms with van der Waals surface area (Å²) in [5, 5.41) is 8.84. The van der Waals surface area contributed by atoms with Crippen molar-refractivity contribution in [3.8, 4) is 11.1 Å². The van der Waals surface area contributed by atoms with E-state index >= 15 is 0 Å². The minimum absolute atomic E-state index is 0.0374. The summed E-state index contributed by atoms with van der Waals surface area (Å²) in [6, 6.07) is 3.88. The second-order valence-electron chi connectivity index (χ2n) is 8.30. The first-order valence-electron chi connectivity index (χ1n) is 10.9. The SMILES string of the molecule is CN1CCN(c2ncc(-c3cccnc3)c(C3CCCN(C(=O)/C=C\C(=O)O)C3)n2)CC1. The van der Waals surface area contributed by atoms with Crippen LogP contribution in [-0.4, -0.2) is 88.1 Å². The molecular formula is C23H28N6O3. The van der Waals surface area contributed by atoms with Crippen molar-refractivity contribution < 1.29 is 14.7 Å². The molecule has 168 valence electrons. The molecule has 0 aromatic carbocycles. The van der Waals surface area contributed by atoms with Gasteiger partial charge in [-0.2, -0.15) is 0 Å². The smallest absolute Gasteiger partial charge is 0.328 e. The predicted molar refractivity (Wildman–Crippen MR) is 120 cm³/mol. The zero-order valence-electron chi connectivity index (χ0n) is 18.2. The van der Waals surface area contributed by atoms with Gasteiger partial charge in [0.1, 0.15) is 0 Å². The number of amides is 1. The molecule has 1 amide bonds. The van der Waals surface area contributed by atoms with Gasteiger partial charge in [-0.05, 0) is 26.0 Å². The second kappa shape index (κ2) is 9.86. The van der Waals surface area contributed by atoms with Crippen LogP contribution in [-0.2, 0) is 9.59 Å². The Labute approximate surface area is 187 Å². The van der Waals surface area contributed by atoms with Gasteiger partial charge in [0.25, 0.3) is 0 Å². The molecule has 32 heavy (non-hydrogen) atoms. The molecule has 4 rings (SSSR count). The zero-order valence-corrected chi connectivity index (χ0v) is 18.2. The van der Waals surface area contributed by atoms with Crippen LogP contribution >= 0.6 is 0 Å². The number of pyridine rings is 1. The Morgan fingerprint density at radius 3 is 2.66 bits per heavy atom. The minimum atomic E-state index is -1.13. The van der Waals surface area contributed by atoms with Gasteiger partial charge in [0, 0.05) is 87.1 Å². The molecule has 9 heteroatoms. The maximum atomic E-state index is 12.5. The fourth-order valence-electron chi connectivity index (χ4n) is 4.25. The summed E-state index contributed by atoms with van der Waals surface area (Å²) in [6.07, 6.45) is 9.16. The van der Waals surface area contributed by atoms with Crippen LogP contribution in [0.25, 0.3) is 11.1 Å². The lowest BCUT2D eigenvalue weighted by Gasteiger charge is -2.35. The second-order valence-corrected chi connectivity index (χ2v) is 8.30. The Kier molecular flexibility index (Phi) is 6.75. The lowest BCUT2D eigenvalue weighted by atomic mass is 9.90. The van der Waals surface area contributed by atoms with Crippen molar-refractivity contribution in [1.29, 1.82) is 0 Å². The topological polar surface area (TPSA) is 103 Å². The number of piperidine rings is 1. The lowest BCUT2D eigenvalue weighted by molar-refractivity contribution is -0.132. The molecule has 4 heterocycles. The van der Waals surface area contributed by atoms with Crippen LogP contribution in [0.1, 0.15) is 24.5 Å². The van der Waals surface area contributed by atoms with Crippen LogP contribution in [0, 0.1) is 0 Å². The van der Waals surface area contributed by atoms with Crippen molar-refractivity contribution >= 4 is 17.8 Å². The van der Waals surface area contributed by atoms with Gasteiger partial charge >= 0.3 is 5.97 Å². The van der Waals surface area contributed by atoms with Crippen molar-refractivity contribution in [2.45, 2.75) is 18.8 Å². The van der Waals surface area contributed by atoms with Crippen LogP contribution in [0.3, 0.4) is 0 Å². The van der Waals surface area contributed by atoms with Crippen LogP contribution in [0.2, 0.25) is 0 Å². The van der Waals surface area contributed by atoms with Gasteiger partial charge in [-0.1, -0.05) is 6.07 Å². The number of carbonyl (C=O) groups is 2. The van der Waals surface area contributed by atoms with E-state index in [9.17, 15) is 9.59 Å². The monoisotopic (exact) mass is 436 g/mol. The van der Waals surface area contributed by atoms with Crippen LogP contribution in [0.15, 0.2) is 42.9 Å². The molecule has 0 saturated carbocycles. The number of nitrogens with zero attached hydrogens (tertiary/aromatic N) is 6. The largest absolute Gasteiger partial charge is 0.478 e. The van der Waals surface area contributed by atoms with Gasteiger partial charge < -0.3 is 19.8 Å². The van der Waals surface area contributed by atoms with Crippen molar-refractivity contribution in [3.05, 3.63) is 48.6 Å². The van der Waals surface area contributed by atoms with Gasteiger partial charge in [0.15, 0.2) is 0 Å². The molecule has 0 spiro atoms. The van der Waals surface area contributed by atoms with Crippen molar-refractivity contribution in [3.63, 3.8) is 0 Å². The van der Waals surface area contributed by atoms with Gasteiger partial charge in [-0.15, -0.1) is 0 Å². The quantitative estimate of drug-likeness (QED) is 0.706. The average Bonchev–Trinajstić information content (AvgIpc) is 2.83. The molecule has 1 N–H and O–H groups in total. The highest BCUT2D eigenvalue weighted by Crippen LogP contribution is 2.34. The van der Waals surface area contributed by atoms with Crippen molar-refractivity contribution in [2.75, 3.05) is 51.2 Å². The number of carbonyl (C=O) groups excluding carboxylic acids is 1. The third-order valence-corrected chi connectivity index (χ3v) is 6.05. The van der Waals surface area contributed by atoms with E-state index in [-0.39, 0.29) is 11.8 Å². The van der Waals surface area contributed by atoms with E-state index in [1.807, 2.05) is 18.3 Å². The number of piperazine rings is 1. The van der Waals surface area contributed by atoms with E-state index in [2.05, 4.69) is 26.8 Å². The standard InChI is InChI=1S/C23H28N6O3/c1-27-10-12-28(13-11-27)23-25-15-19(17-4-2-8-24-14-17)22(26-23)18-5-3-9-29(16-18)20(30)6-7-21(31)32/h2,4,6-8,14-15,18H,3,5,9-13,16H2,1H3,(H,31,32)/b7-6-. The maximum Gasteiger partial charge on any atom is 0.328 e. The molecule has 2 aliphatic heterocycles. The summed E-state index contributed by atoms with van der Waals surface area (Å²) in [4.78, 5) is 43.4. The summed E-state index contributed by atoms with van der Waals surface area (Å²) < 4.78 is 0.